The quantitative estimate of drug-likeness (QED) is 0.822. The molecule has 2 aliphatic heterocycles. The molecule has 2 aromatic heterocycles. The zero-order chi connectivity index (χ0) is 18.3. The number of anilines is 1. The Balaban J connectivity index is 1.66. The lowest BCUT2D eigenvalue weighted by atomic mass is 10.1. The number of amides is 1. The normalized spacial score (nSPS) is 21.9. The predicted octanol–water partition coefficient (Wildman–Crippen LogP) is 1.29. The first-order valence-corrected chi connectivity index (χ1v) is 8.97. The first-order valence-electron chi connectivity index (χ1n) is 8.97. The summed E-state index contributed by atoms with van der Waals surface area (Å²) in [5.41, 5.74) is 1.39. The first-order chi connectivity index (χ1) is 12.6. The van der Waals surface area contributed by atoms with Crippen LogP contribution in [0, 0.1) is 0 Å². The zero-order valence-corrected chi connectivity index (χ0v) is 15.4. The molecule has 0 saturated carbocycles. The fourth-order valence-electron chi connectivity index (χ4n) is 3.82. The fraction of sp³-hybridized carbons (Fsp3) is 0.556. The van der Waals surface area contributed by atoms with Crippen molar-refractivity contribution in [2.24, 2.45) is 0 Å². The fourth-order valence-corrected chi connectivity index (χ4v) is 3.82. The summed E-state index contributed by atoms with van der Waals surface area (Å²) in [5, 5.41) is 8.70. The molecule has 0 spiro atoms. The number of rotatable bonds is 4. The molecular weight excluding hydrogens is 332 g/mol. The summed E-state index contributed by atoms with van der Waals surface area (Å²) >= 11 is 0. The van der Waals surface area contributed by atoms with Crippen molar-refractivity contribution in [1.29, 1.82) is 0 Å². The largest absolute Gasteiger partial charge is 0.380 e. The molecule has 1 fully saturated rings. The van der Waals surface area contributed by atoms with Gasteiger partial charge in [-0.3, -0.25) is 9.78 Å². The maximum Gasteiger partial charge on any atom is 0.273 e. The third-order valence-electron chi connectivity index (χ3n) is 5.27. The van der Waals surface area contributed by atoms with Crippen LogP contribution in [-0.2, 0) is 17.7 Å². The van der Waals surface area contributed by atoms with Crippen molar-refractivity contribution >= 4 is 11.6 Å². The van der Waals surface area contributed by atoms with Gasteiger partial charge < -0.3 is 19.1 Å². The maximum atomic E-state index is 13.2. The Kier molecular flexibility index (Phi) is 4.36. The minimum atomic E-state index is -0.128. The van der Waals surface area contributed by atoms with Crippen LogP contribution in [0.15, 0.2) is 18.3 Å². The number of nitrogens with zero attached hydrogens (tertiary/aromatic N) is 6. The van der Waals surface area contributed by atoms with Crippen LogP contribution in [0.4, 0.5) is 5.69 Å². The Bertz CT molecular complexity index is 818. The van der Waals surface area contributed by atoms with Crippen molar-refractivity contribution in [3.63, 3.8) is 0 Å². The van der Waals surface area contributed by atoms with Crippen LogP contribution >= 0.6 is 0 Å². The van der Waals surface area contributed by atoms with Crippen molar-refractivity contribution < 1.29 is 9.53 Å². The number of fused-ring (bicyclic) bond motifs is 1. The third-order valence-corrected chi connectivity index (χ3v) is 5.27. The molecule has 2 aromatic rings. The average Bonchev–Trinajstić information content (AvgIpc) is 3.36. The number of ether oxygens (including phenoxy) is 1. The van der Waals surface area contributed by atoms with Crippen LogP contribution < -0.4 is 4.90 Å². The molecule has 0 N–H and O–H groups in total. The van der Waals surface area contributed by atoms with Gasteiger partial charge in [-0.1, -0.05) is 0 Å². The van der Waals surface area contributed by atoms with Gasteiger partial charge in [-0.25, -0.2) is 0 Å². The molecular formula is C18H24N6O2. The van der Waals surface area contributed by atoms with Gasteiger partial charge in [0.05, 0.1) is 12.1 Å². The van der Waals surface area contributed by atoms with Crippen molar-refractivity contribution in [3.05, 3.63) is 35.7 Å². The number of carbonyl (C=O) groups excluding carboxylic acids is 1. The molecule has 0 aliphatic carbocycles. The summed E-state index contributed by atoms with van der Waals surface area (Å²) in [7, 11) is 5.58. The second-order valence-corrected chi connectivity index (χ2v) is 7.09. The SMILES string of the molecule is CO[C@@H]1C[C@@H](c2nnc3n2CCC3)N(C(=O)c2cc(N(C)C)ccn2)C1. The molecule has 4 rings (SSSR count). The molecule has 2 aliphatic rings. The summed E-state index contributed by atoms with van der Waals surface area (Å²) in [6, 6.07) is 3.59. The Morgan fingerprint density at radius 3 is 2.96 bits per heavy atom. The van der Waals surface area contributed by atoms with Gasteiger partial charge in [0.15, 0.2) is 5.82 Å². The van der Waals surface area contributed by atoms with Gasteiger partial charge in [0.1, 0.15) is 11.5 Å². The highest BCUT2D eigenvalue weighted by molar-refractivity contribution is 5.93. The number of likely N-dealkylation sites (tertiary alicyclic amines) is 1. The zero-order valence-electron chi connectivity index (χ0n) is 15.4. The monoisotopic (exact) mass is 356 g/mol. The molecule has 4 heterocycles. The number of aryl methyl sites for hydroxylation is 1. The minimum absolute atomic E-state index is 0.00432. The van der Waals surface area contributed by atoms with E-state index in [1.807, 2.05) is 36.0 Å². The number of carbonyl (C=O) groups is 1. The Hall–Kier alpha value is -2.48. The van der Waals surface area contributed by atoms with E-state index in [-0.39, 0.29) is 18.1 Å². The lowest BCUT2D eigenvalue weighted by Crippen LogP contribution is -2.33. The molecule has 1 saturated heterocycles. The topological polar surface area (TPSA) is 76.4 Å². The predicted molar refractivity (Wildman–Crippen MR) is 96.1 cm³/mol. The van der Waals surface area contributed by atoms with Gasteiger partial charge in [-0.05, 0) is 18.6 Å². The summed E-state index contributed by atoms with van der Waals surface area (Å²) in [4.78, 5) is 21.3. The van der Waals surface area contributed by atoms with E-state index in [1.54, 1.807) is 13.3 Å². The summed E-state index contributed by atoms with van der Waals surface area (Å²) in [5.74, 6) is 1.80. The van der Waals surface area contributed by atoms with Crippen LogP contribution in [0.2, 0.25) is 0 Å². The van der Waals surface area contributed by atoms with Crippen LogP contribution in [0.1, 0.15) is 41.0 Å². The maximum absolute atomic E-state index is 13.2. The number of methoxy groups -OCH3 is 1. The molecule has 2 atom stereocenters. The van der Waals surface area contributed by atoms with Gasteiger partial charge in [-0.15, -0.1) is 10.2 Å². The Morgan fingerprint density at radius 2 is 2.19 bits per heavy atom. The molecule has 138 valence electrons. The van der Waals surface area contributed by atoms with Gasteiger partial charge in [0.2, 0.25) is 0 Å². The van der Waals surface area contributed by atoms with Crippen molar-refractivity contribution in [1.82, 2.24) is 24.6 Å². The smallest absolute Gasteiger partial charge is 0.273 e. The molecule has 0 aromatic carbocycles. The molecule has 26 heavy (non-hydrogen) atoms. The lowest BCUT2D eigenvalue weighted by molar-refractivity contribution is 0.0677. The second-order valence-electron chi connectivity index (χ2n) is 7.09. The molecule has 0 unspecified atom stereocenters. The van der Waals surface area contributed by atoms with Gasteiger partial charge in [-0.2, -0.15) is 0 Å². The van der Waals surface area contributed by atoms with Gasteiger partial charge in [0.25, 0.3) is 5.91 Å². The van der Waals surface area contributed by atoms with Crippen molar-refractivity contribution in [2.45, 2.75) is 38.0 Å². The van der Waals surface area contributed by atoms with Crippen LogP contribution in [0.25, 0.3) is 0 Å². The minimum Gasteiger partial charge on any atom is -0.380 e. The highest BCUT2D eigenvalue weighted by Crippen LogP contribution is 2.35. The Labute approximate surface area is 152 Å². The van der Waals surface area contributed by atoms with E-state index in [9.17, 15) is 4.79 Å². The summed E-state index contributed by atoms with van der Waals surface area (Å²) in [6.07, 6.45) is 4.44. The van der Waals surface area contributed by atoms with E-state index in [4.69, 9.17) is 4.74 Å². The van der Waals surface area contributed by atoms with E-state index in [2.05, 4.69) is 19.7 Å². The summed E-state index contributed by atoms with van der Waals surface area (Å²) < 4.78 is 7.72. The molecule has 0 bridgehead atoms. The summed E-state index contributed by atoms with van der Waals surface area (Å²) in [6.45, 7) is 1.46. The van der Waals surface area contributed by atoms with E-state index in [0.717, 1.165) is 43.1 Å². The number of hydrogen-bond acceptors (Lipinski definition) is 6. The standard InChI is InChI=1S/C18H24N6O2/c1-22(2)12-6-7-19-14(9-12)18(25)24-11-13(26-3)10-15(24)17-21-20-16-5-4-8-23(16)17/h6-7,9,13,15H,4-5,8,10-11H2,1-3H3/t13-,15+/m1/s1. The van der Waals surface area contributed by atoms with E-state index in [1.165, 1.54) is 0 Å². The molecule has 0 radical (unpaired) electrons. The van der Waals surface area contributed by atoms with Crippen LogP contribution in [-0.4, -0.2) is 64.4 Å². The Morgan fingerprint density at radius 1 is 1.35 bits per heavy atom. The lowest BCUT2D eigenvalue weighted by Gasteiger charge is -2.24. The molecule has 8 heteroatoms. The highest BCUT2D eigenvalue weighted by Gasteiger charge is 2.40. The first kappa shape index (κ1) is 17.0. The number of aromatic nitrogens is 4. The molecule has 8 nitrogen and oxygen atoms in total. The molecule has 1 amide bonds. The van der Waals surface area contributed by atoms with Crippen molar-refractivity contribution in [3.8, 4) is 0 Å². The number of pyridine rings is 1. The van der Waals surface area contributed by atoms with Crippen LogP contribution in [0.5, 0.6) is 0 Å². The van der Waals surface area contributed by atoms with Crippen LogP contribution in [0.3, 0.4) is 0 Å². The van der Waals surface area contributed by atoms with Gasteiger partial charge >= 0.3 is 0 Å². The second kappa shape index (κ2) is 6.68. The third kappa shape index (κ3) is 2.84. The van der Waals surface area contributed by atoms with Crippen molar-refractivity contribution in [2.75, 3.05) is 32.6 Å². The number of hydrogen-bond donors (Lipinski definition) is 0. The average molecular weight is 356 g/mol. The van der Waals surface area contributed by atoms with Gasteiger partial charge in [0, 0.05) is 59.0 Å². The van der Waals surface area contributed by atoms with E-state index in [0.29, 0.717) is 12.2 Å². The van der Waals surface area contributed by atoms with E-state index < -0.39 is 0 Å². The van der Waals surface area contributed by atoms with E-state index >= 15 is 0 Å². The highest BCUT2D eigenvalue weighted by atomic mass is 16.5.